The predicted octanol–water partition coefficient (Wildman–Crippen LogP) is 4.04. The lowest BCUT2D eigenvalue weighted by molar-refractivity contribution is 0.184. The number of ether oxygens (including phenoxy) is 1. The van der Waals surface area contributed by atoms with Crippen molar-refractivity contribution in [2.24, 2.45) is 5.41 Å². The first-order valence-corrected chi connectivity index (χ1v) is 8.29. The number of nitrogens with zero attached hydrogens (tertiary/aromatic N) is 3. The number of aromatic hydroxyl groups is 2. The Morgan fingerprint density at radius 2 is 1.23 bits per heavy atom. The van der Waals surface area contributed by atoms with E-state index in [-0.39, 0.29) is 34.6 Å². The molecule has 0 fully saturated rings. The molecule has 0 aliphatic rings. The summed E-state index contributed by atoms with van der Waals surface area (Å²) in [6.45, 7) is 6.55. The van der Waals surface area contributed by atoms with Crippen molar-refractivity contribution in [2.75, 3.05) is 6.61 Å². The van der Waals surface area contributed by atoms with Crippen LogP contribution in [-0.4, -0.2) is 31.8 Å². The second kappa shape index (κ2) is 7.00. The zero-order chi connectivity index (χ0) is 18.7. The van der Waals surface area contributed by atoms with Gasteiger partial charge in [0, 0.05) is 0 Å². The minimum atomic E-state index is -0.0727. The number of phenolic OH excluding ortho intramolecular Hbond substituents is 2. The maximum absolute atomic E-state index is 10.1. The molecule has 0 saturated heterocycles. The van der Waals surface area contributed by atoms with Gasteiger partial charge in [0.25, 0.3) is 0 Å². The topological polar surface area (TPSA) is 88.4 Å². The van der Waals surface area contributed by atoms with Crippen molar-refractivity contribution in [1.82, 2.24) is 15.0 Å². The van der Waals surface area contributed by atoms with Gasteiger partial charge in [0.1, 0.15) is 11.5 Å². The SMILES string of the molecule is CC(C)(C)COc1nc(-c2ccccc2O)nc(-c2ccccc2O)n1. The molecule has 1 heterocycles. The molecular formula is C20H21N3O3. The maximum atomic E-state index is 10.1. The van der Waals surface area contributed by atoms with E-state index < -0.39 is 0 Å². The monoisotopic (exact) mass is 351 g/mol. The molecule has 0 atom stereocenters. The minimum Gasteiger partial charge on any atom is -0.507 e. The fraction of sp³-hybridized carbons (Fsp3) is 0.250. The van der Waals surface area contributed by atoms with E-state index in [9.17, 15) is 10.2 Å². The number of phenols is 2. The number of hydrogen-bond acceptors (Lipinski definition) is 6. The fourth-order valence-electron chi connectivity index (χ4n) is 2.27. The zero-order valence-corrected chi connectivity index (χ0v) is 15.0. The Bertz CT molecular complexity index is 856. The molecule has 6 nitrogen and oxygen atoms in total. The third-order valence-corrected chi connectivity index (χ3v) is 3.54. The van der Waals surface area contributed by atoms with E-state index in [0.29, 0.717) is 17.7 Å². The first kappa shape index (κ1) is 17.7. The van der Waals surface area contributed by atoms with Gasteiger partial charge in [-0.3, -0.25) is 0 Å². The van der Waals surface area contributed by atoms with Crippen molar-refractivity contribution in [3.8, 4) is 40.3 Å². The Labute approximate surface area is 152 Å². The highest BCUT2D eigenvalue weighted by atomic mass is 16.5. The summed E-state index contributed by atoms with van der Waals surface area (Å²) in [5.74, 6) is 0.674. The number of para-hydroxylation sites is 2. The van der Waals surface area contributed by atoms with Crippen molar-refractivity contribution in [2.45, 2.75) is 20.8 Å². The van der Waals surface area contributed by atoms with Crippen LogP contribution in [0.3, 0.4) is 0 Å². The van der Waals surface area contributed by atoms with Crippen LogP contribution in [0.25, 0.3) is 22.8 Å². The van der Waals surface area contributed by atoms with Crippen LogP contribution in [0.15, 0.2) is 48.5 Å². The van der Waals surface area contributed by atoms with Crippen LogP contribution >= 0.6 is 0 Å². The van der Waals surface area contributed by atoms with E-state index in [0.717, 1.165) is 0 Å². The van der Waals surface area contributed by atoms with E-state index in [1.165, 1.54) is 0 Å². The Hall–Kier alpha value is -3.15. The number of aromatic nitrogens is 3. The molecule has 6 heteroatoms. The average Bonchev–Trinajstić information content (AvgIpc) is 2.60. The van der Waals surface area contributed by atoms with Gasteiger partial charge in [0.05, 0.1) is 17.7 Å². The van der Waals surface area contributed by atoms with Gasteiger partial charge in [-0.05, 0) is 29.7 Å². The van der Waals surface area contributed by atoms with Crippen LogP contribution in [0, 0.1) is 5.41 Å². The van der Waals surface area contributed by atoms with Gasteiger partial charge in [0.15, 0.2) is 11.6 Å². The fourth-order valence-corrected chi connectivity index (χ4v) is 2.27. The lowest BCUT2D eigenvalue weighted by Gasteiger charge is -2.18. The molecule has 134 valence electrons. The summed E-state index contributed by atoms with van der Waals surface area (Å²) >= 11 is 0. The molecule has 0 saturated carbocycles. The lowest BCUT2D eigenvalue weighted by Crippen LogP contribution is -2.18. The summed E-state index contributed by atoms with van der Waals surface area (Å²) in [7, 11) is 0. The van der Waals surface area contributed by atoms with Gasteiger partial charge in [-0.1, -0.05) is 45.0 Å². The standard InChI is InChI=1S/C20H21N3O3/c1-20(2,3)12-26-19-22-17(13-8-4-6-10-15(13)24)21-18(23-19)14-9-5-7-11-16(14)25/h4-11,24-25H,12H2,1-3H3. The van der Waals surface area contributed by atoms with Gasteiger partial charge in [-0.25, -0.2) is 4.98 Å². The molecule has 2 aromatic carbocycles. The highest BCUT2D eigenvalue weighted by Crippen LogP contribution is 2.31. The number of hydrogen-bond donors (Lipinski definition) is 2. The van der Waals surface area contributed by atoms with Gasteiger partial charge < -0.3 is 14.9 Å². The Morgan fingerprint density at radius 3 is 1.65 bits per heavy atom. The normalized spacial score (nSPS) is 11.3. The van der Waals surface area contributed by atoms with Crippen LogP contribution in [0.4, 0.5) is 0 Å². The molecule has 3 aromatic rings. The second-order valence-corrected chi connectivity index (χ2v) is 7.15. The Morgan fingerprint density at radius 1 is 0.769 bits per heavy atom. The van der Waals surface area contributed by atoms with E-state index >= 15 is 0 Å². The maximum Gasteiger partial charge on any atom is 0.320 e. The van der Waals surface area contributed by atoms with Gasteiger partial charge in [-0.2, -0.15) is 9.97 Å². The molecule has 3 rings (SSSR count). The van der Waals surface area contributed by atoms with Crippen LogP contribution in [0.1, 0.15) is 20.8 Å². The van der Waals surface area contributed by atoms with E-state index in [1.807, 2.05) is 20.8 Å². The van der Waals surface area contributed by atoms with Crippen LogP contribution < -0.4 is 4.74 Å². The van der Waals surface area contributed by atoms with Gasteiger partial charge in [-0.15, -0.1) is 0 Å². The minimum absolute atomic E-state index is 0.0590. The van der Waals surface area contributed by atoms with Gasteiger partial charge >= 0.3 is 6.01 Å². The molecule has 0 unspecified atom stereocenters. The summed E-state index contributed by atoms with van der Waals surface area (Å²) in [5.41, 5.74) is 0.857. The van der Waals surface area contributed by atoms with E-state index in [1.54, 1.807) is 48.5 Å². The van der Waals surface area contributed by atoms with Crippen molar-refractivity contribution in [1.29, 1.82) is 0 Å². The van der Waals surface area contributed by atoms with Crippen molar-refractivity contribution >= 4 is 0 Å². The van der Waals surface area contributed by atoms with Gasteiger partial charge in [0.2, 0.25) is 0 Å². The lowest BCUT2D eigenvalue weighted by atomic mass is 9.99. The molecule has 0 aliphatic carbocycles. The quantitative estimate of drug-likeness (QED) is 0.737. The summed E-state index contributed by atoms with van der Waals surface area (Å²) in [5, 5.41) is 20.3. The third-order valence-electron chi connectivity index (χ3n) is 3.54. The van der Waals surface area contributed by atoms with Crippen molar-refractivity contribution in [3.05, 3.63) is 48.5 Å². The average molecular weight is 351 g/mol. The molecule has 2 N–H and O–H groups in total. The number of benzene rings is 2. The largest absolute Gasteiger partial charge is 0.507 e. The first-order valence-electron chi connectivity index (χ1n) is 8.29. The molecule has 1 aromatic heterocycles. The third kappa shape index (κ3) is 4.08. The molecule has 0 bridgehead atoms. The van der Waals surface area contributed by atoms with E-state index in [4.69, 9.17) is 4.74 Å². The highest BCUT2D eigenvalue weighted by Gasteiger charge is 2.17. The summed E-state index contributed by atoms with van der Waals surface area (Å²) in [4.78, 5) is 13.1. The molecule has 26 heavy (non-hydrogen) atoms. The predicted molar refractivity (Wildman–Crippen MR) is 99.0 cm³/mol. The summed E-state index contributed by atoms with van der Waals surface area (Å²) in [6.07, 6.45) is 0. The zero-order valence-electron chi connectivity index (χ0n) is 15.0. The Kier molecular flexibility index (Phi) is 4.75. The second-order valence-electron chi connectivity index (χ2n) is 7.15. The van der Waals surface area contributed by atoms with Crippen molar-refractivity contribution in [3.63, 3.8) is 0 Å². The molecule has 0 amide bonds. The Balaban J connectivity index is 2.11. The number of rotatable bonds is 4. The van der Waals surface area contributed by atoms with Crippen LogP contribution in [0.5, 0.6) is 17.5 Å². The van der Waals surface area contributed by atoms with Crippen LogP contribution in [-0.2, 0) is 0 Å². The van der Waals surface area contributed by atoms with E-state index in [2.05, 4.69) is 15.0 Å². The highest BCUT2D eigenvalue weighted by molar-refractivity contribution is 5.68. The molecule has 0 aliphatic heterocycles. The smallest absolute Gasteiger partial charge is 0.320 e. The summed E-state index contributed by atoms with van der Waals surface area (Å²) < 4.78 is 5.75. The summed E-state index contributed by atoms with van der Waals surface area (Å²) in [6, 6.07) is 13.7. The molecular weight excluding hydrogens is 330 g/mol. The molecule has 0 spiro atoms. The van der Waals surface area contributed by atoms with Crippen molar-refractivity contribution < 1.29 is 14.9 Å². The first-order chi connectivity index (χ1) is 12.3. The van der Waals surface area contributed by atoms with Crippen LogP contribution in [0.2, 0.25) is 0 Å². The molecule has 0 radical (unpaired) electrons.